The van der Waals surface area contributed by atoms with Crippen LogP contribution in [0.1, 0.15) is 62.4 Å². The van der Waals surface area contributed by atoms with Crippen LogP contribution in [0.2, 0.25) is 0 Å². The zero-order valence-electron chi connectivity index (χ0n) is 22.8. The number of benzene rings is 1. The molecule has 1 aromatic carbocycles. The number of nitrogens with zero attached hydrogens (tertiary/aromatic N) is 3. The fourth-order valence-electron chi connectivity index (χ4n) is 6.77. The summed E-state index contributed by atoms with van der Waals surface area (Å²) < 4.78 is 30.6. The number of aromatic nitrogens is 1. The Morgan fingerprint density at radius 2 is 1.82 bits per heavy atom. The Hall–Kier alpha value is -2.92. The van der Waals surface area contributed by atoms with E-state index in [1.54, 1.807) is 15.5 Å². The van der Waals surface area contributed by atoms with Gasteiger partial charge in [-0.2, -0.15) is 0 Å². The number of nitrogens with one attached hydrogen (secondary N) is 1. The van der Waals surface area contributed by atoms with Crippen LogP contribution in [0.5, 0.6) is 0 Å². The Labute approximate surface area is 229 Å². The van der Waals surface area contributed by atoms with Crippen LogP contribution in [0.4, 0.5) is 4.79 Å². The highest BCUT2D eigenvalue weighted by atomic mass is 32.2. The van der Waals surface area contributed by atoms with Crippen LogP contribution in [0.25, 0.3) is 10.9 Å². The number of carbonyl (C=O) groups excluding carboxylic acids is 2. The third-order valence-corrected chi connectivity index (χ3v) is 10.3. The highest BCUT2D eigenvalue weighted by Gasteiger charge is 2.42. The molecule has 4 heterocycles. The van der Waals surface area contributed by atoms with Gasteiger partial charge < -0.3 is 19.5 Å². The van der Waals surface area contributed by atoms with Crippen molar-refractivity contribution in [3.63, 3.8) is 0 Å². The molecule has 4 atom stereocenters. The highest BCUT2D eigenvalue weighted by molar-refractivity contribution is 7.91. The predicted molar refractivity (Wildman–Crippen MR) is 149 cm³/mol. The summed E-state index contributed by atoms with van der Waals surface area (Å²) in [5.74, 6) is -0.255. The summed E-state index contributed by atoms with van der Waals surface area (Å²) in [4.78, 5) is 43.1. The number of piperidine rings is 1. The van der Waals surface area contributed by atoms with Gasteiger partial charge in [-0.15, -0.1) is 0 Å². The normalized spacial score (nSPS) is 26.2. The van der Waals surface area contributed by atoms with Crippen LogP contribution in [0.15, 0.2) is 35.1 Å². The third kappa shape index (κ3) is 5.56. The Morgan fingerprint density at radius 1 is 1.13 bits per heavy atom. The van der Waals surface area contributed by atoms with Crippen molar-refractivity contribution in [1.29, 1.82) is 0 Å². The van der Waals surface area contributed by atoms with E-state index in [0.29, 0.717) is 19.5 Å². The van der Waals surface area contributed by atoms with E-state index in [4.69, 9.17) is 4.74 Å². The lowest BCUT2D eigenvalue weighted by atomic mass is 9.96. The highest BCUT2D eigenvalue weighted by Crippen LogP contribution is 2.36. The molecule has 0 aliphatic carbocycles. The van der Waals surface area contributed by atoms with Crippen molar-refractivity contribution in [3.8, 4) is 0 Å². The summed E-state index contributed by atoms with van der Waals surface area (Å²) in [7, 11) is -1.80. The van der Waals surface area contributed by atoms with Crippen LogP contribution in [0, 0.1) is 0 Å². The molecule has 1 aromatic heterocycles. The standard InChI is InChI=1S/C28H38N4O6S/c1-18(2)32-25-7-5-4-6-19(25)14-24(27(32)34)26(33)29-20-15-21-8-9-22(16-20)30(21)11-12-31(28(35)38-3)23-10-13-39(36,37)17-23/h4-7,14,18,20-23H,8-13,15-17H2,1-3H3,(H,29,33)/t20-,21-,22+,23-/m1/s1. The van der Waals surface area contributed by atoms with Crippen molar-refractivity contribution in [2.24, 2.45) is 0 Å². The van der Waals surface area contributed by atoms with E-state index in [9.17, 15) is 22.8 Å². The molecule has 3 aliphatic heterocycles. The van der Waals surface area contributed by atoms with Crippen LogP contribution in [0.3, 0.4) is 0 Å². The summed E-state index contributed by atoms with van der Waals surface area (Å²) in [6.45, 7) is 4.92. The first-order chi connectivity index (χ1) is 18.6. The molecule has 3 saturated heterocycles. The quantitative estimate of drug-likeness (QED) is 0.555. The van der Waals surface area contributed by atoms with E-state index in [1.165, 1.54) is 7.11 Å². The van der Waals surface area contributed by atoms with E-state index in [-0.39, 0.29) is 58.7 Å². The van der Waals surface area contributed by atoms with Crippen molar-refractivity contribution in [2.45, 2.75) is 76.2 Å². The van der Waals surface area contributed by atoms with Crippen molar-refractivity contribution < 1.29 is 22.7 Å². The second-order valence-corrected chi connectivity index (χ2v) is 13.6. The second kappa shape index (κ2) is 10.9. The summed E-state index contributed by atoms with van der Waals surface area (Å²) in [6, 6.07) is 9.34. The lowest BCUT2D eigenvalue weighted by Gasteiger charge is -2.40. The van der Waals surface area contributed by atoms with Gasteiger partial charge in [-0.3, -0.25) is 14.5 Å². The number of para-hydroxylation sites is 1. The molecule has 0 saturated carbocycles. The number of methoxy groups -OCH3 is 1. The van der Waals surface area contributed by atoms with E-state index in [2.05, 4.69) is 10.2 Å². The largest absolute Gasteiger partial charge is 0.453 e. The Morgan fingerprint density at radius 3 is 2.44 bits per heavy atom. The Bertz CT molecular complexity index is 1410. The van der Waals surface area contributed by atoms with E-state index >= 15 is 0 Å². The lowest BCUT2D eigenvalue weighted by Crippen LogP contribution is -2.53. The smallest absolute Gasteiger partial charge is 0.409 e. The van der Waals surface area contributed by atoms with Gasteiger partial charge in [-0.25, -0.2) is 13.2 Å². The fourth-order valence-corrected chi connectivity index (χ4v) is 8.50. The summed E-state index contributed by atoms with van der Waals surface area (Å²) in [6.07, 6.45) is 3.49. The number of fused-ring (bicyclic) bond motifs is 3. The maximum atomic E-state index is 13.3. The fraction of sp³-hybridized carbons (Fsp3) is 0.607. The zero-order valence-corrected chi connectivity index (χ0v) is 23.7. The minimum absolute atomic E-state index is 0.0175. The molecule has 3 aliphatic rings. The average molecular weight is 559 g/mol. The molecule has 1 N–H and O–H groups in total. The van der Waals surface area contributed by atoms with Crippen molar-refractivity contribution in [1.82, 2.24) is 19.7 Å². The van der Waals surface area contributed by atoms with Gasteiger partial charge in [0.05, 0.1) is 30.2 Å². The molecule has 39 heavy (non-hydrogen) atoms. The number of amides is 2. The molecular weight excluding hydrogens is 520 g/mol. The first-order valence-electron chi connectivity index (χ1n) is 13.8. The van der Waals surface area contributed by atoms with Crippen molar-refractivity contribution in [2.75, 3.05) is 31.7 Å². The number of ether oxygens (including phenoxy) is 1. The lowest BCUT2D eigenvalue weighted by molar-refractivity contribution is 0.0718. The first-order valence-corrected chi connectivity index (χ1v) is 15.7. The van der Waals surface area contributed by atoms with E-state index in [0.717, 1.165) is 36.6 Å². The van der Waals surface area contributed by atoms with Gasteiger partial charge in [-0.1, -0.05) is 18.2 Å². The number of sulfone groups is 1. The molecule has 0 unspecified atom stereocenters. The van der Waals surface area contributed by atoms with Gasteiger partial charge in [0.1, 0.15) is 5.56 Å². The van der Waals surface area contributed by atoms with Crippen molar-refractivity contribution >= 4 is 32.7 Å². The molecule has 10 nitrogen and oxygen atoms in total. The van der Waals surface area contributed by atoms with Gasteiger partial charge in [-0.05, 0) is 63.5 Å². The Kier molecular flexibility index (Phi) is 7.74. The molecule has 2 bridgehead atoms. The summed E-state index contributed by atoms with van der Waals surface area (Å²) in [5.41, 5.74) is 0.701. The van der Waals surface area contributed by atoms with E-state index in [1.807, 2.05) is 38.1 Å². The topological polar surface area (TPSA) is 118 Å². The van der Waals surface area contributed by atoms with Gasteiger partial charge in [0.2, 0.25) is 0 Å². The maximum Gasteiger partial charge on any atom is 0.409 e. The zero-order chi connectivity index (χ0) is 27.9. The second-order valence-electron chi connectivity index (χ2n) is 11.4. The minimum Gasteiger partial charge on any atom is -0.453 e. The number of pyridine rings is 1. The molecular formula is C28H38N4O6S. The summed E-state index contributed by atoms with van der Waals surface area (Å²) in [5, 5.41) is 4.00. The molecule has 212 valence electrons. The Balaban J connectivity index is 1.25. The molecule has 11 heteroatoms. The molecule has 5 rings (SSSR count). The van der Waals surface area contributed by atoms with Crippen molar-refractivity contribution in [3.05, 3.63) is 46.2 Å². The van der Waals surface area contributed by atoms with Gasteiger partial charge in [0.25, 0.3) is 11.5 Å². The monoisotopic (exact) mass is 558 g/mol. The van der Waals surface area contributed by atoms with Crippen LogP contribution < -0.4 is 10.9 Å². The SMILES string of the molecule is COC(=O)N(CCN1[C@@H]2CC[C@H]1C[C@H](NC(=O)c1cc3ccccc3n(C(C)C)c1=O)C2)[C@@H]1CCS(=O)(=O)C1. The molecule has 2 aromatic rings. The minimum atomic E-state index is -3.13. The van der Waals surface area contributed by atoms with Crippen LogP contribution in [-0.4, -0.2) is 90.7 Å². The number of carbonyl (C=O) groups is 2. The number of hydrogen-bond donors (Lipinski definition) is 1. The molecule has 3 fully saturated rings. The molecule has 2 amide bonds. The van der Waals surface area contributed by atoms with Gasteiger partial charge >= 0.3 is 6.09 Å². The molecule has 0 spiro atoms. The van der Waals surface area contributed by atoms with Crippen LogP contribution in [-0.2, 0) is 14.6 Å². The third-order valence-electron chi connectivity index (χ3n) is 8.58. The van der Waals surface area contributed by atoms with Crippen LogP contribution >= 0.6 is 0 Å². The number of rotatable bonds is 7. The predicted octanol–water partition coefficient (Wildman–Crippen LogP) is 2.56. The maximum absolute atomic E-state index is 13.3. The first kappa shape index (κ1) is 27.6. The average Bonchev–Trinajstić information content (AvgIpc) is 3.37. The summed E-state index contributed by atoms with van der Waals surface area (Å²) >= 11 is 0. The number of hydrogen-bond acceptors (Lipinski definition) is 7. The van der Waals surface area contributed by atoms with Gasteiger partial charge in [0, 0.05) is 37.3 Å². The van der Waals surface area contributed by atoms with E-state index < -0.39 is 15.9 Å². The molecule has 0 radical (unpaired) electrons. The van der Waals surface area contributed by atoms with Gasteiger partial charge in [0.15, 0.2) is 9.84 Å².